The van der Waals surface area contributed by atoms with Crippen molar-refractivity contribution >= 4 is 29.9 Å². The van der Waals surface area contributed by atoms with Gasteiger partial charge >= 0.3 is 0 Å². The van der Waals surface area contributed by atoms with E-state index in [1.807, 2.05) is 31.2 Å². The van der Waals surface area contributed by atoms with Crippen molar-refractivity contribution in [1.29, 1.82) is 0 Å². The quantitative estimate of drug-likeness (QED) is 0.215. The van der Waals surface area contributed by atoms with Crippen molar-refractivity contribution in [2.24, 2.45) is 4.99 Å². The van der Waals surface area contributed by atoms with Gasteiger partial charge in [0.25, 0.3) is 0 Å². The molecular weight excluding hydrogens is 433 g/mol. The number of rotatable bonds is 12. The number of halogens is 1. The van der Waals surface area contributed by atoms with E-state index in [1.165, 1.54) is 0 Å². The molecule has 0 atom stereocenters. The summed E-state index contributed by atoms with van der Waals surface area (Å²) in [6, 6.07) is 7.98. The number of nitrogens with one attached hydrogen (secondary N) is 2. The van der Waals surface area contributed by atoms with E-state index in [1.54, 1.807) is 7.11 Å². The Morgan fingerprint density at radius 1 is 1.12 bits per heavy atom. The molecule has 0 aliphatic rings. The number of nitrogens with zero attached hydrogens (tertiary/aromatic N) is 1. The molecule has 0 saturated carbocycles. The second-order valence-electron chi connectivity index (χ2n) is 5.16. The fourth-order valence-corrected chi connectivity index (χ4v) is 2.01. The summed E-state index contributed by atoms with van der Waals surface area (Å²) >= 11 is 0. The molecule has 144 valence electrons. The molecule has 0 spiro atoms. The molecule has 25 heavy (non-hydrogen) atoms. The van der Waals surface area contributed by atoms with Gasteiger partial charge in [-0.2, -0.15) is 0 Å². The molecule has 2 N–H and O–H groups in total. The van der Waals surface area contributed by atoms with Gasteiger partial charge in [-0.15, -0.1) is 24.0 Å². The Labute approximate surface area is 168 Å². The first kappa shape index (κ1) is 23.9. The molecule has 0 bridgehead atoms. The maximum atomic E-state index is 5.63. The minimum absolute atomic E-state index is 0. The lowest BCUT2D eigenvalue weighted by molar-refractivity contribution is 0.145. The summed E-state index contributed by atoms with van der Waals surface area (Å²) in [4.78, 5) is 4.61. The number of methoxy groups -OCH3 is 1. The van der Waals surface area contributed by atoms with Crippen LogP contribution in [0.4, 0.5) is 0 Å². The zero-order valence-corrected chi connectivity index (χ0v) is 17.9. The van der Waals surface area contributed by atoms with Crippen LogP contribution in [0.25, 0.3) is 0 Å². The SMILES string of the molecule is CCNC(=NCc1cccc(OCCOC)c1)NCCCOCC.I. The molecule has 0 heterocycles. The first-order chi connectivity index (χ1) is 11.8. The minimum Gasteiger partial charge on any atom is -0.491 e. The largest absolute Gasteiger partial charge is 0.491 e. The zero-order chi connectivity index (χ0) is 17.5. The van der Waals surface area contributed by atoms with Crippen molar-refractivity contribution in [2.75, 3.05) is 46.6 Å². The fourth-order valence-electron chi connectivity index (χ4n) is 2.01. The summed E-state index contributed by atoms with van der Waals surface area (Å²) < 4.78 is 15.9. The molecule has 0 aliphatic heterocycles. The first-order valence-corrected chi connectivity index (χ1v) is 8.60. The lowest BCUT2D eigenvalue weighted by Gasteiger charge is -2.11. The third-order valence-corrected chi connectivity index (χ3v) is 3.18. The molecule has 1 aromatic carbocycles. The van der Waals surface area contributed by atoms with Crippen LogP contribution in [0.3, 0.4) is 0 Å². The number of ether oxygens (including phenoxy) is 3. The molecule has 0 fully saturated rings. The second kappa shape index (κ2) is 16.4. The standard InChI is InChI=1S/C18H31N3O3.HI/c1-4-19-18(20-10-7-11-23-5-2)21-15-16-8-6-9-17(14-16)24-13-12-22-3;/h6,8-9,14H,4-5,7,10-13,15H2,1-3H3,(H2,19,20,21);1H. The van der Waals surface area contributed by atoms with Crippen LogP contribution < -0.4 is 15.4 Å². The van der Waals surface area contributed by atoms with Crippen LogP contribution in [0.2, 0.25) is 0 Å². The highest BCUT2D eigenvalue weighted by molar-refractivity contribution is 14.0. The maximum absolute atomic E-state index is 5.63. The highest BCUT2D eigenvalue weighted by atomic mass is 127. The van der Waals surface area contributed by atoms with E-state index >= 15 is 0 Å². The fraction of sp³-hybridized carbons (Fsp3) is 0.611. The summed E-state index contributed by atoms with van der Waals surface area (Å²) in [6.45, 7) is 8.99. The molecule has 0 radical (unpaired) electrons. The molecule has 6 nitrogen and oxygen atoms in total. The van der Waals surface area contributed by atoms with Crippen LogP contribution in [0.15, 0.2) is 29.3 Å². The lowest BCUT2D eigenvalue weighted by Crippen LogP contribution is -2.38. The van der Waals surface area contributed by atoms with Crippen LogP contribution >= 0.6 is 24.0 Å². The van der Waals surface area contributed by atoms with Gasteiger partial charge in [-0.3, -0.25) is 0 Å². The number of hydrogen-bond donors (Lipinski definition) is 2. The van der Waals surface area contributed by atoms with Gasteiger partial charge in [-0.1, -0.05) is 12.1 Å². The van der Waals surface area contributed by atoms with Crippen LogP contribution in [0.5, 0.6) is 5.75 Å². The minimum atomic E-state index is 0. The van der Waals surface area contributed by atoms with E-state index in [2.05, 4.69) is 22.5 Å². The van der Waals surface area contributed by atoms with E-state index in [0.29, 0.717) is 19.8 Å². The van der Waals surface area contributed by atoms with Gasteiger partial charge in [0.05, 0.1) is 13.2 Å². The topological polar surface area (TPSA) is 64.1 Å². The molecule has 7 heteroatoms. The number of guanidine groups is 1. The Balaban J connectivity index is 0.00000576. The number of benzene rings is 1. The Kier molecular flexibility index (Phi) is 15.7. The summed E-state index contributed by atoms with van der Waals surface area (Å²) in [5.41, 5.74) is 1.11. The van der Waals surface area contributed by atoms with Gasteiger partial charge in [-0.05, 0) is 38.0 Å². The van der Waals surface area contributed by atoms with Gasteiger partial charge in [-0.25, -0.2) is 4.99 Å². The van der Waals surface area contributed by atoms with Crippen LogP contribution in [-0.4, -0.2) is 52.6 Å². The Hall–Kier alpha value is -1.06. The zero-order valence-electron chi connectivity index (χ0n) is 15.5. The van der Waals surface area contributed by atoms with Gasteiger partial charge in [0.1, 0.15) is 12.4 Å². The van der Waals surface area contributed by atoms with E-state index in [0.717, 1.165) is 50.0 Å². The summed E-state index contributed by atoms with van der Waals surface area (Å²) in [6.07, 6.45) is 0.959. The van der Waals surface area contributed by atoms with Crippen molar-refractivity contribution in [3.05, 3.63) is 29.8 Å². The van der Waals surface area contributed by atoms with E-state index in [4.69, 9.17) is 14.2 Å². The van der Waals surface area contributed by atoms with E-state index < -0.39 is 0 Å². The first-order valence-electron chi connectivity index (χ1n) is 8.60. The summed E-state index contributed by atoms with van der Waals surface area (Å²) in [7, 11) is 1.66. The average molecular weight is 465 g/mol. The Bertz CT molecular complexity index is 473. The predicted octanol–water partition coefficient (Wildman–Crippen LogP) is 2.81. The third kappa shape index (κ3) is 12.0. The molecule has 0 aliphatic carbocycles. The van der Waals surface area contributed by atoms with E-state index in [-0.39, 0.29) is 24.0 Å². The highest BCUT2D eigenvalue weighted by Crippen LogP contribution is 2.14. The van der Waals surface area contributed by atoms with Crippen LogP contribution in [0, 0.1) is 0 Å². The molecule has 0 aromatic heterocycles. The second-order valence-corrected chi connectivity index (χ2v) is 5.16. The van der Waals surface area contributed by atoms with E-state index in [9.17, 15) is 0 Å². The van der Waals surface area contributed by atoms with Gasteiger partial charge in [0.2, 0.25) is 0 Å². The highest BCUT2D eigenvalue weighted by Gasteiger charge is 2.00. The monoisotopic (exact) mass is 465 g/mol. The molecule has 0 amide bonds. The van der Waals surface area contributed by atoms with Crippen molar-refractivity contribution in [3.63, 3.8) is 0 Å². The van der Waals surface area contributed by atoms with Crippen molar-refractivity contribution < 1.29 is 14.2 Å². The number of hydrogen-bond acceptors (Lipinski definition) is 4. The Morgan fingerprint density at radius 2 is 1.96 bits per heavy atom. The predicted molar refractivity (Wildman–Crippen MR) is 113 cm³/mol. The van der Waals surface area contributed by atoms with Crippen molar-refractivity contribution in [1.82, 2.24) is 10.6 Å². The lowest BCUT2D eigenvalue weighted by atomic mass is 10.2. The summed E-state index contributed by atoms with van der Waals surface area (Å²) in [5.74, 6) is 1.66. The molecule has 0 unspecified atom stereocenters. The van der Waals surface area contributed by atoms with Crippen LogP contribution in [-0.2, 0) is 16.0 Å². The number of aliphatic imine (C=N–C) groups is 1. The van der Waals surface area contributed by atoms with Crippen molar-refractivity contribution in [3.8, 4) is 5.75 Å². The molecule has 1 rings (SSSR count). The smallest absolute Gasteiger partial charge is 0.191 e. The average Bonchev–Trinajstić information content (AvgIpc) is 2.60. The van der Waals surface area contributed by atoms with Crippen LogP contribution in [0.1, 0.15) is 25.8 Å². The van der Waals surface area contributed by atoms with Gasteiger partial charge < -0.3 is 24.8 Å². The Morgan fingerprint density at radius 3 is 2.68 bits per heavy atom. The van der Waals surface area contributed by atoms with Gasteiger partial charge in [0.15, 0.2) is 5.96 Å². The van der Waals surface area contributed by atoms with Crippen molar-refractivity contribution in [2.45, 2.75) is 26.8 Å². The molecule has 0 saturated heterocycles. The van der Waals surface area contributed by atoms with Gasteiger partial charge in [0, 0.05) is 33.4 Å². The summed E-state index contributed by atoms with van der Waals surface area (Å²) in [5, 5.41) is 6.57. The molecular formula is C18H32IN3O3. The maximum Gasteiger partial charge on any atom is 0.191 e. The molecule has 1 aromatic rings. The normalized spacial score (nSPS) is 10.9. The third-order valence-electron chi connectivity index (χ3n) is 3.18.